The molecule has 1 aromatic carbocycles. The van der Waals surface area contributed by atoms with Crippen LogP contribution in [0.1, 0.15) is 36.8 Å². The first-order chi connectivity index (χ1) is 13.1. The second-order valence-electron chi connectivity index (χ2n) is 7.08. The summed E-state index contributed by atoms with van der Waals surface area (Å²) in [6.07, 6.45) is 1.01. The van der Waals surface area contributed by atoms with Crippen LogP contribution in [-0.4, -0.2) is 51.8 Å². The Bertz CT molecular complexity index is 834. The third-order valence-corrected chi connectivity index (χ3v) is 5.19. The summed E-state index contributed by atoms with van der Waals surface area (Å²) in [5, 5.41) is 11.2. The maximum Gasteiger partial charge on any atom is 0.242 e. The van der Waals surface area contributed by atoms with E-state index in [1.165, 1.54) is 11.1 Å². The third kappa shape index (κ3) is 3.90. The van der Waals surface area contributed by atoms with Gasteiger partial charge in [0.1, 0.15) is 11.6 Å². The van der Waals surface area contributed by atoms with Gasteiger partial charge in [-0.05, 0) is 24.1 Å². The molecule has 0 unspecified atom stereocenters. The largest absolute Gasteiger partial charge is 0.493 e. The van der Waals surface area contributed by atoms with Crippen LogP contribution in [0.3, 0.4) is 0 Å². The normalized spacial score (nSPS) is 16.4. The van der Waals surface area contributed by atoms with Crippen LogP contribution in [0.15, 0.2) is 18.2 Å². The van der Waals surface area contributed by atoms with E-state index < -0.39 is 0 Å². The van der Waals surface area contributed by atoms with E-state index in [1.54, 1.807) is 11.8 Å². The number of ether oxygens (including phenoxy) is 1. The van der Waals surface area contributed by atoms with E-state index >= 15 is 0 Å². The van der Waals surface area contributed by atoms with Crippen LogP contribution in [0.25, 0.3) is 0 Å². The van der Waals surface area contributed by atoms with Crippen LogP contribution in [0.4, 0.5) is 5.95 Å². The average Bonchev–Trinajstić information content (AvgIpc) is 3.29. The van der Waals surface area contributed by atoms with Gasteiger partial charge in [0.15, 0.2) is 0 Å². The molecule has 0 saturated carbocycles. The van der Waals surface area contributed by atoms with Crippen LogP contribution < -0.4 is 15.4 Å². The topological polar surface area (TPSA) is 84.3 Å². The van der Waals surface area contributed by atoms with Gasteiger partial charge >= 0.3 is 0 Å². The van der Waals surface area contributed by atoms with Crippen molar-refractivity contribution in [2.24, 2.45) is 0 Å². The van der Waals surface area contributed by atoms with Crippen LogP contribution in [0.5, 0.6) is 5.75 Å². The number of rotatable bonds is 6. The zero-order valence-electron chi connectivity index (χ0n) is 15.9. The molecule has 27 heavy (non-hydrogen) atoms. The number of anilines is 1. The predicted molar refractivity (Wildman–Crippen MR) is 102 cm³/mol. The van der Waals surface area contributed by atoms with Gasteiger partial charge in [0.2, 0.25) is 11.9 Å². The molecule has 8 heteroatoms. The smallest absolute Gasteiger partial charge is 0.242 e. The fourth-order valence-corrected chi connectivity index (χ4v) is 3.51. The highest BCUT2D eigenvalue weighted by Crippen LogP contribution is 2.28. The molecule has 144 valence electrons. The van der Waals surface area contributed by atoms with Crippen molar-refractivity contribution in [3.05, 3.63) is 35.2 Å². The van der Waals surface area contributed by atoms with Gasteiger partial charge in [-0.3, -0.25) is 4.79 Å². The molecule has 0 spiro atoms. The van der Waals surface area contributed by atoms with Gasteiger partial charge in [-0.25, -0.2) is 4.68 Å². The summed E-state index contributed by atoms with van der Waals surface area (Å²) in [4.78, 5) is 17.8. The number of nitrogens with one attached hydrogen (secondary N) is 2. The van der Waals surface area contributed by atoms with Gasteiger partial charge in [-0.2, -0.15) is 4.98 Å². The summed E-state index contributed by atoms with van der Waals surface area (Å²) in [6.45, 7) is 7.96. The first-order valence-electron chi connectivity index (χ1n) is 9.52. The van der Waals surface area contributed by atoms with Crippen LogP contribution >= 0.6 is 0 Å². The molecule has 0 bridgehead atoms. The van der Waals surface area contributed by atoms with Crippen molar-refractivity contribution in [1.29, 1.82) is 0 Å². The predicted octanol–water partition coefficient (Wildman–Crippen LogP) is 1.34. The molecule has 2 N–H and O–H groups in total. The Morgan fingerprint density at radius 1 is 1.33 bits per heavy atom. The first kappa shape index (κ1) is 17.8. The Balaban J connectivity index is 1.25. The number of nitrogens with zero attached hydrogens (tertiary/aromatic N) is 4. The molecule has 1 amide bonds. The number of hydrogen-bond donors (Lipinski definition) is 2. The molecule has 8 nitrogen and oxygen atoms in total. The highest BCUT2D eigenvalue weighted by Gasteiger charge is 2.21. The van der Waals surface area contributed by atoms with Crippen LogP contribution in [0, 0.1) is 0 Å². The number of amides is 1. The second-order valence-corrected chi connectivity index (χ2v) is 7.08. The molecule has 0 aliphatic carbocycles. The molecular formula is C19H26N6O2. The van der Waals surface area contributed by atoms with E-state index in [-0.39, 0.29) is 11.9 Å². The lowest BCUT2D eigenvalue weighted by Crippen LogP contribution is -2.37. The number of aromatic nitrogens is 3. The number of benzene rings is 1. The van der Waals surface area contributed by atoms with E-state index in [1.807, 2.05) is 4.68 Å². The summed E-state index contributed by atoms with van der Waals surface area (Å²) in [5.41, 5.74) is 2.53. The quantitative estimate of drug-likeness (QED) is 0.747. The zero-order chi connectivity index (χ0) is 18.8. The van der Waals surface area contributed by atoms with Crippen molar-refractivity contribution in [2.75, 3.05) is 31.6 Å². The second kappa shape index (κ2) is 7.56. The maximum atomic E-state index is 11.5. The van der Waals surface area contributed by atoms with Gasteiger partial charge < -0.3 is 20.3 Å². The lowest BCUT2D eigenvalue weighted by atomic mass is 10.0. The SMILES string of the molecule is CC(=O)N1CCn2nc(NCCN[C@@H](C)c3ccc4c(c3)OCC4)nc2C1. The zero-order valence-corrected chi connectivity index (χ0v) is 15.9. The Hall–Kier alpha value is -2.61. The average molecular weight is 370 g/mol. The first-order valence-corrected chi connectivity index (χ1v) is 9.52. The van der Waals surface area contributed by atoms with Gasteiger partial charge in [-0.15, -0.1) is 5.10 Å². The van der Waals surface area contributed by atoms with Crippen molar-refractivity contribution in [3.63, 3.8) is 0 Å². The maximum absolute atomic E-state index is 11.5. The third-order valence-electron chi connectivity index (χ3n) is 5.19. The minimum absolute atomic E-state index is 0.0777. The van der Waals surface area contributed by atoms with Gasteiger partial charge in [0.25, 0.3) is 0 Å². The van der Waals surface area contributed by atoms with Gasteiger partial charge in [0, 0.05) is 39.0 Å². The van der Waals surface area contributed by atoms with Crippen LogP contribution in [-0.2, 0) is 24.3 Å². The summed E-state index contributed by atoms with van der Waals surface area (Å²) in [5.74, 6) is 2.55. The number of hydrogen-bond acceptors (Lipinski definition) is 6. The summed E-state index contributed by atoms with van der Waals surface area (Å²) < 4.78 is 7.53. The Kier molecular flexibility index (Phi) is 4.98. The van der Waals surface area contributed by atoms with Crippen LogP contribution in [0.2, 0.25) is 0 Å². The van der Waals surface area contributed by atoms with E-state index in [0.29, 0.717) is 25.6 Å². The van der Waals surface area contributed by atoms with E-state index in [4.69, 9.17) is 4.74 Å². The minimum atomic E-state index is 0.0777. The molecule has 0 radical (unpaired) electrons. The highest BCUT2D eigenvalue weighted by atomic mass is 16.5. The molecular weight excluding hydrogens is 344 g/mol. The minimum Gasteiger partial charge on any atom is -0.493 e. The highest BCUT2D eigenvalue weighted by molar-refractivity contribution is 5.73. The van der Waals surface area contributed by atoms with Crippen molar-refractivity contribution in [2.45, 2.75) is 39.4 Å². The summed E-state index contributed by atoms with van der Waals surface area (Å²) in [7, 11) is 0. The molecule has 2 aromatic rings. The number of carbonyl (C=O) groups is 1. The van der Waals surface area contributed by atoms with E-state index in [0.717, 1.165) is 37.7 Å². The number of carbonyl (C=O) groups excluding carboxylic acids is 1. The molecule has 0 saturated heterocycles. The van der Waals surface area contributed by atoms with Crippen molar-refractivity contribution < 1.29 is 9.53 Å². The molecule has 2 aliphatic heterocycles. The van der Waals surface area contributed by atoms with E-state index in [2.05, 4.69) is 45.8 Å². The van der Waals surface area contributed by atoms with E-state index in [9.17, 15) is 4.79 Å². The monoisotopic (exact) mass is 370 g/mol. The molecule has 3 heterocycles. The Morgan fingerprint density at radius 2 is 2.22 bits per heavy atom. The fraction of sp³-hybridized carbons (Fsp3) is 0.526. The van der Waals surface area contributed by atoms with Crippen molar-refractivity contribution in [1.82, 2.24) is 25.0 Å². The van der Waals surface area contributed by atoms with Crippen molar-refractivity contribution >= 4 is 11.9 Å². The number of fused-ring (bicyclic) bond motifs is 2. The standard InChI is InChI=1S/C19H26N6O2/c1-13(16-4-3-15-5-10-27-17(15)11-16)20-6-7-21-19-22-18-12-24(14(2)26)8-9-25(18)23-19/h3-4,11,13,20H,5-10,12H2,1-2H3,(H,21,23)/t13-/m0/s1. The summed E-state index contributed by atoms with van der Waals surface area (Å²) >= 11 is 0. The van der Waals surface area contributed by atoms with Gasteiger partial charge in [0.05, 0.1) is 19.7 Å². The molecule has 4 rings (SSSR count). The Labute approximate surface area is 158 Å². The Morgan fingerprint density at radius 3 is 3.07 bits per heavy atom. The lowest BCUT2D eigenvalue weighted by molar-refractivity contribution is -0.130. The molecule has 1 aromatic heterocycles. The molecule has 2 aliphatic rings. The fourth-order valence-electron chi connectivity index (χ4n) is 3.51. The van der Waals surface area contributed by atoms with Crippen molar-refractivity contribution in [3.8, 4) is 5.75 Å². The summed E-state index contributed by atoms with van der Waals surface area (Å²) in [6, 6.07) is 6.72. The molecule has 0 fully saturated rings. The van der Waals surface area contributed by atoms with Gasteiger partial charge in [-0.1, -0.05) is 12.1 Å². The molecule has 1 atom stereocenters. The lowest BCUT2D eigenvalue weighted by Gasteiger charge is -2.25.